The zero-order chi connectivity index (χ0) is 11.7. The largest absolute Gasteiger partial charge is 0.376 e. The van der Waals surface area contributed by atoms with Crippen LogP contribution in [0.5, 0.6) is 0 Å². The lowest BCUT2D eigenvalue weighted by molar-refractivity contribution is 0.0850. The van der Waals surface area contributed by atoms with Crippen molar-refractivity contribution in [1.29, 1.82) is 0 Å². The molecule has 17 heavy (non-hydrogen) atoms. The van der Waals surface area contributed by atoms with Crippen LogP contribution in [0.1, 0.15) is 47.8 Å². The van der Waals surface area contributed by atoms with Gasteiger partial charge in [0.25, 0.3) is 5.91 Å². The van der Waals surface area contributed by atoms with Gasteiger partial charge in [0.1, 0.15) is 5.76 Å². The van der Waals surface area contributed by atoms with E-state index in [1.807, 2.05) is 0 Å². The van der Waals surface area contributed by atoms with Crippen molar-refractivity contribution in [3.05, 3.63) is 17.5 Å². The molecule has 1 amide bonds. The topological polar surface area (TPSA) is 64.4 Å². The number of hydrogen-bond donors (Lipinski definition) is 1. The van der Waals surface area contributed by atoms with Gasteiger partial charge in [-0.25, -0.2) is 0 Å². The first kappa shape index (κ1) is 10.8. The molecule has 1 unspecified atom stereocenters. The molecular formula is C12H16N2O3. The van der Waals surface area contributed by atoms with Crippen molar-refractivity contribution in [3.63, 3.8) is 0 Å². The summed E-state index contributed by atoms with van der Waals surface area (Å²) < 4.78 is 10.6. The predicted molar refractivity (Wildman–Crippen MR) is 59.8 cm³/mol. The van der Waals surface area contributed by atoms with Crippen molar-refractivity contribution < 1.29 is 14.1 Å². The maximum absolute atomic E-state index is 11.8. The molecule has 1 N–H and O–H groups in total. The Hall–Kier alpha value is -1.36. The molecule has 0 aromatic carbocycles. The van der Waals surface area contributed by atoms with Gasteiger partial charge in [0, 0.05) is 25.1 Å². The van der Waals surface area contributed by atoms with E-state index in [9.17, 15) is 4.79 Å². The van der Waals surface area contributed by atoms with Gasteiger partial charge in [-0.2, -0.15) is 0 Å². The lowest BCUT2D eigenvalue weighted by atomic mass is 10.2. The number of rotatable bonds is 4. The number of nitrogens with zero attached hydrogens (tertiary/aromatic N) is 1. The third kappa shape index (κ3) is 2.49. The number of amides is 1. The number of carbonyl (C=O) groups is 1. The first-order valence-corrected chi connectivity index (χ1v) is 6.19. The summed E-state index contributed by atoms with van der Waals surface area (Å²) in [7, 11) is 0. The number of nitrogens with one attached hydrogen (secondary N) is 1. The van der Waals surface area contributed by atoms with Crippen molar-refractivity contribution >= 4 is 5.91 Å². The normalized spacial score (nSPS) is 23.9. The van der Waals surface area contributed by atoms with Crippen LogP contribution in [0.2, 0.25) is 0 Å². The summed E-state index contributed by atoms with van der Waals surface area (Å²) in [5.41, 5.74) is 0.380. The van der Waals surface area contributed by atoms with Gasteiger partial charge in [-0.15, -0.1) is 0 Å². The van der Waals surface area contributed by atoms with E-state index >= 15 is 0 Å². The molecular weight excluding hydrogens is 220 g/mol. The molecule has 1 aliphatic carbocycles. The van der Waals surface area contributed by atoms with Crippen molar-refractivity contribution in [3.8, 4) is 0 Å². The van der Waals surface area contributed by atoms with E-state index in [0.29, 0.717) is 18.2 Å². The second kappa shape index (κ2) is 4.49. The highest BCUT2D eigenvalue weighted by atomic mass is 16.5. The molecule has 0 bridgehead atoms. The van der Waals surface area contributed by atoms with E-state index in [0.717, 1.165) is 38.1 Å². The fraction of sp³-hybridized carbons (Fsp3) is 0.667. The average Bonchev–Trinajstić information content (AvgIpc) is 2.88. The van der Waals surface area contributed by atoms with Gasteiger partial charge in [0.05, 0.1) is 6.10 Å². The Balaban J connectivity index is 1.53. The summed E-state index contributed by atoms with van der Waals surface area (Å²) in [6.45, 7) is 1.36. The van der Waals surface area contributed by atoms with E-state index in [-0.39, 0.29) is 12.0 Å². The molecule has 2 aliphatic rings. The monoisotopic (exact) mass is 236 g/mol. The maximum Gasteiger partial charge on any atom is 0.273 e. The summed E-state index contributed by atoms with van der Waals surface area (Å²) in [4.78, 5) is 11.8. The second-order valence-corrected chi connectivity index (χ2v) is 4.73. The standard InChI is InChI=1S/C12H16N2O3/c15-12(13-7-9-2-1-5-16-9)10-6-11(17-14-10)8-3-4-8/h6,8-9H,1-5,7H2,(H,13,15). The summed E-state index contributed by atoms with van der Waals surface area (Å²) in [5.74, 6) is 1.16. The summed E-state index contributed by atoms with van der Waals surface area (Å²) in [5, 5.41) is 6.62. The van der Waals surface area contributed by atoms with Crippen LogP contribution in [0.15, 0.2) is 10.6 Å². The molecule has 5 nitrogen and oxygen atoms in total. The molecule has 92 valence electrons. The van der Waals surface area contributed by atoms with Crippen molar-refractivity contribution in [1.82, 2.24) is 10.5 Å². The first-order valence-electron chi connectivity index (χ1n) is 6.19. The minimum Gasteiger partial charge on any atom is -0.376 e. The predicted octanol–water partition coefficient (Wildman–Crippen LogP) is 1.46. The lowest BCUT2D eigenvalue weighted by Gasteiger charge is -2.09. The van der Waals surface area contributed by atoms with Crippen molar-refractivity contribution in [2.24, 2.45) is 0 Å². The molecule has 3 rings (SSSR count). The number of hydrogen-bond acceptors (Lipinski definition) is 4. The molecule has 1 aromatic rings. The van der Waals surface area contributed by atoms with Gasteiger partial charge in [0.2, 0.25) is 0 Å². The van der Waals surface area contributed by atoms with E-state index in [1.165, 1.54) is 0 Å². The summed E-state index contributed by atoms with van der Waals surface area (Å²) >= 11 is 0. The Morgan fingerprint density at radius 3 is 3.06 bits per heavy atom. The SMILES string of the molecule is O=C(NCC1CCCO1)c1cc(C2CC2)on1. The molecule has 1 saturated carbocycles. The Morgan fingerprint density at radius 1 is 1.47 bits per heavy atom. The third-order valence-electron chi connectivity index (χ3n) is 3.26. The quantitative estimate of drug-likeness (QED) is 0.859. The van der Waals surface area contributed by atoms with E-state index < -0.39 is 0 Å². The third-order valence-corrected chi connectivity index (χ3v) is 3.26. The molecule has 2 fully saturated rings. The average molecular weight is 236 g/mol. The van der Waals surface area contributed by atoms with Crippen LogP contribution in [0.4, 0.5) is 0 Å². The van der Waals surface area contributed by atoms with Gasteiger partial charge in [0.15, 0.2) is 5.69 Å². The van der Waals surface area contributed by atoms with E-state index in [1.54, 1.807) is 6.07 Å². The van der Waals surface area contributed by atoms with Crippen LogP contribution in [0.3, 0.4) is 0 Å². The Labute approximate surface area is 99.5 Å². The minimum absolute atomic E-state index is 0.161. The van der Waals surface area contributed by atoms with Crippen LogP contribution in [0.25, 0.3) is 0 Å². The van der Waals surface area contributed by atoms with Crippen molar-refractivity contribution in [2.45, 2.75) is 37.7 Å². The Morgan fingerprint density at radius 2 is 2.35 bits per heavy atom. The number of ether oxygens (including phenoxy) is 1. The maximum atomic E-state index is 11.8. The highest BCUT2D eigenvalue weighted by molar-refractivity contribution is 5.92. The first-order chi connectivity index (χ1) is 8.33. The van der Waals surface area contributed by atoms with E-state index in [4.69, 9.17) is 9.26 Å². The van der Waals surface area contributed by atoms with Gasteiger partial charge >= 0.3 is 0 Å². The highest BCUT2D eigenvalue weighted by Crippen LogP contribution is 2.40. The molecule has 0 spiro atoms. The smallest absolute Gasteiger partial charge is 0.273 e. The minimum atomic E-state index is -0.170. The Bertz CT molecular complexity index is 406. The van der Waals surface area contributed by atoms with Crippen LogP contribution in [-0.2, 0) is 4.74 Å². The lowest BCUT2D eigenvalue weighted by Crippen LogP contribution is -2.31. The Kier molecular flexibility index (Phi) is 2.84. The fourth-order valence-electron chi connectivity index (χ4n) is 2.06. The zero-order valence-corrected chi connectivity index (χ0v) is 9.65. The van der Waals surface area contributed by atoms with Gasteiger partial charge in [-0.1, -0.05) is 5.16 Å². The molecule has 0 radical (unpaired) electrons. The second-order valence-electron chi connectivity index (χ2n) is 4.73. The molecule has 1 atom stereocenters. The summed E-state index contributed by atoms with van der Waals surface area (Å²) in [6.07, 6.45) is 4.55. The fourth-order valence-corrected chi connectivity index (χ4v) is 2.06. The zero-order valence-electron chi connectivity index (χ0n) is 9.65. The summed E-state index contributed by atoms with van der Waals surface area (Å²) in [6, 6.07) is 1.75. The van der Waals surface area contributed by atoms with E-state index in [2.05, 4.69) is 10.5 Å². The molecule has 5 heteroatoms. The molecule has 1 aliphatic heterocycles. The van der Waals surface area contributed by atoms with Gasteiger partial charge < -0.3 is 14.6 Å². The number of aromatic nitrogens is 1. The van der Waals surface area contributed by atoms with Gasteiger partial charge in [-0.3, -0.25) is 4.79 Å². The van der Waals surface area contributed by atoms with Gasteiger partial charge in [-0.05, 0) is 25.7 Å². The molecule has 1 saturated heterocycles. The van der Waals surface area contributed by atoms with Crippen LogP contribution >= 0.6 is 0 Å². The number of carbonyl (C=O) groups excluding carboxylic acids is 1. The highest BCUT2D eigenvalue weighted by Gasteiger charge is 2.29. The molecule has 2 heterocycles. The molecule has 1 aromatic heterocycles. The van der Waals surface area contributed by atoms with Crippen LogP contribution in [-0.4, -0.2) is 30.3 Å². The van der Waals surface area contributed by atoms with Crippen LogP contribution < -0.4 is 5.32 Å². The van der Waals surface area contributed by atoms with Crippen molar-refractivity contribution in [2.75, 3.05) is 13.2 Å². The van der Waals surface area contributed by atoms with Crippen LogP contribution in [0, 0.1) is 0 Å².